The Morgan fingerprint density at radius 3 is 1.64 bits per heavy atom. The molecule has 0 aromatic heterocycles. The van der Waals surface area contributed by atoms with Gasteiger partial charge in [-0.25, -0.2) is 0 Å². The molecule has 2 N–H and O–H groups in total. The Bertz CT molecular complexity index is 1340. The molecule has 0 fully saturated rings. The van der Waals surface area contributed by atoms with E-state index in [1.807, 2.05) is 54.6 Å². The maximum atomic E-state index is 14.0. The largest absolute Gasteiger partial charge is 0.497 e. The number of nitrogens with zero attached hydrogens (tertiary/aromatic N) is 2. The molecule has 9 nitrogen and oxygen atoms in total. The number of ether oxygens (including phenoxy) is 2. The van der Waals surface area contributed by atoms with Crippen LogP contribution >= 0.6 is 12.2 Å². The van der Waals surface area contributed by atoms with Crippen LogP contribution in [-0.4, -0.2) is 71.6 Å². The number of hydrogen-bond donors (Lipinski definition) is 1. The van der Waals surface area contributed by atoms with E-state index in [4.69, 9.17) is 27.4 Å². The molecule has 3 aromatic rings. The van der Waals surface area contributed by atoms with E-state index in [-0.39, 0.29) is 24.4 Å². The summed E-state index contributed by atoms with van der Waals surface area (Å²) in [6.07, 6.45) is 0.964. The Hall–Kier alpha value is -4.57. The van der Waals surface area contributed by atoms with Crippen molar-refractivity contribution in [2.45, 2.75) is 32.2 Å². The summed E-state index contributed by atoms with van der Waals surface area (Å²) >= 11 is 5.34. The highest BCUT2D eigenvalue weighted by molar-refractivity contribution is 7.82. The fourth-order valence-corrected chi connectivity index (χ4v) is 4.68. The maximum Gasteiger partial charge on any atom is 0.268 e. The van der Waals surface area contributed by atoms with E-state index in [1.165, 1.54) is 4.90 Å². The number of rotatable bonds is 14. The Balaban J connectivity index is 1.87. The lowest BCUT2D eigenvalue weighted by molar-refractivity contribution is -0.155. The van der Waals surface area contributed by atoms with Crippen LogP contribution in [-0.2, 0) is 38.4 Å². The number of hydrogen-bond acceptors (Lipinski definition) is 7. The predicted octanol–water partition coefficient (Wildman–Crippen LogP) is 3.16. The van der Waals surface area contributed by atoms with E-state index in [9.17, 15) is 19.2 Å². The number of benzene rings is 3. The Morgan fingerprint density at radius 2 is 1.24 bits per heavy atom. The van der Waals surface area contributed by atoms with Crippen molar-refractivity contribution in [3.05, 3.63) is 95.6 Å². The molecule has 0 heterocycles. The molecule has 10 heteroatoms. The molecule has 0 saturated heterocycles. The van der Waals surface area contributed by atoms with Gasteiger partial charge >= 0.3 is 0 Å². The molecule has 4 amide bonds. The van der Waals surface area contributed by atoms with Gasteiger partial charge in [-0.1, -0.05) is 66.8 Å². The predicted molar refractivity (Wildman–Crippen MR) is 163 cm³/mol. The van der Waals surface area contributed by atoms with Crippen molar-refractivity contribution >= 4 is 40.7 Å². The standard InChI is InChI=1S/C32H35N3O6S/c1-22(36)35(31(38)28(42)21-25-7-5-4-6-8-25)29(30(33)37)32(39)34(19-17-23-9-13-26(40-2)14-10-23)20-18-24-11-15-27(41-3)16-12-24/h4-16,29H,17-21H2,1-3H3,(H2,33,37)/t29-/m0/s1. The third-order valence-electron chi connectivity index (χ3n) is 6.74. The lowest BCUT2D eigenvalue weighted by Gasteiger charge is -2.31. The molecule has 0 saturated carbocycles. The van der Waals surface area contributed by atoms with Gasteiger partial charge in [0.1, 0.15) is 11.5 Å². The number of imide groups is 1. The molecular formula is C32H35N3O6S. The molecule has 0 bridgehead atoms. The van der Waals surface area contributed by atoms with E-state index >= 15 is 0 Å². The molecule has 3 rings (SSSR count). The van der Waals surface area contributed by atoms with Crippen molar-refractivity contribution in [2.75, 3.05) is 27.3 Å². The van der Waals surface area contributed by atoms with Crippen LogP contribution in [0.5, 0.6) is 11.5 Å². The highest BCUT2D eigenvalue weighted by Crippen LogP contribution is 2.16. The second kappa shape index (κ2) is 15.4. The minimum Gasteiger partial charge on any atom is -0.497 e. The highest BCUT2D eigenvalue weighted by Gasteiger charge is 2.40. The van der Waals surface area contributed by atoms with Gasteiger partial charge in [-0.15, -0.1) is 0 Å². The number of primary amides is 1. The summed E-state index contributed by atoms with van der Waals surface area (Å²) < 4.78 is 10.4. The normalized spacial score (nSPS) is 11.2. The monoisotopic (exact) mass is 589 g/mol. The summed E-state index contributed by atoms with van der Waals surface area (Å²) in [6, 6.07) is 21.9. The van der Waals surface area contributed by atoms with E-state index in [0.29, 0.717) is 29.2 Å². The minimum atomic E-state index is -1.85. The van der Waals surface area contributed by atoms with Crippen LogP contribution in [0.3, 0.4) is 0 Å². The van der Waals surface area contributed by atoms with Crippen molar-refractivity contribution < 1.29 is 28.7 Å². The molecular weight excluding hydrogens is 554 g/mol. The average Bonchev–Trinajstić information content (AvgIpc) is 2.99. The van der Waals surface area contributed by atoms with Crippen molar-refractivity contribution in [2.24, 2.45) is 5.73 Å². The zero-order chi connectivity index (χ0) is 30.6. The van der Waals surface area contributed by atoms with Gasteiger partial charge in [0.05, 0.1) is 19.1 Å². The number of methoxy groups -OCH3 is 2. The minimum absolute atomic E-state index is 0.0666. The first-order valence-corrected chi connectivity index (χ1v) is 13.8. The van der Waals surface area contributed by atoms with Gasteiger partial charge < -0.3 is 20.1 Å². The van der Waals surface area contributed by atoms with E-state index < -0.39 is 29.7 Å². The van der Waals surface area contributed by atoms with Crippen LogP contribution in [0.2, 0.25) is 0 Å². The number of carbonyl (C=O) groups excluding carboxylic acids is 4. The lowest BCUT2D eigenvalue weighted by atomic mass is 10.1. The van der Waals surface area contributed by atoms with Gasteiger partial charge in [0.25, 0.3) is 17.7 Å². The van der Waals surface area contributed by atoms with Gasteiger partial charge in [-0.3, -0.25) is 24.1 Å². The van der Waals surface area contributed by atoms with Gasteiger partial charge in [0.2, 0.25) is 5.91 Å². The maximum absolute atomic E-state index is 14.0. The second-order valence-corrected chi connectivity index (χ2v) is 10.1. The molecule has 1 atom stereocenters. The zero-order valence-electron chi connectivity index (χ0n) is 23.9. The van der Waals surface area contributed by atoms with Crippen molar-refractivity contribution in [3.63, 3.8) is 0 Å². The molecule has 0 aliphatic heterocycles. The molecule has 220 valence electrons. The van der Waals surface area contributed by atoms with E-state index in [0.717, 1.165) is 23.6 Å². The third kappa shape index (κ3) is 8.71. The Morgan fingerprint density at radius 1 is 0.762 bits per heavy atom. The first-order valence-electron chi connectivity index (χ1n) is 13.4. The van der Waals surface area contributed by atoms with Crippen LogP contribution in [0.4, 0.5) is 0 Å². The van der Waals surface area contributed by atoms with Crippen molar-refractivity contribution in [1.29, 1.82) is 0 Å². The molecule has 0 spiro atoms. The van der Waals surface area contributed by atoms with Crippen LogP contribution in [0.25, 0.3) is 0 Å². The summed E-state index contributed by atoms with van der Waals surface area (Å²) in [5, 5.41) is 0. The van der Waals surface area contributed by atoms with E-state index in [2.05, 4.69) is 0 Å². The average molecular weight is 590 g/mol. The second-order valence-electron chi connectivity index (χ2n) is 9.61. The topological polar surface area (TPSA) is 119 Å². The number of thiocarbonyl (C=S) groups is 1. The smallest absolute Gasteiger partial charge is 0.268 e. The molecule has 3 aromatic carbocycles. The first kappa shape index (κ1) is 32.0. The zero-order valence-corrected chi connectivity index (χ0v) is 24.8. The van der Waals surface area contributed by atoms with Crippen molar-refractivity contribution in [3.8, 4) is 11.5 Å². The van der Waals surface area contributed by atoms with Gasteiger partial charge in [-0.2, -0.15) is 0 Å². The van der Waals surface area contributed by atoms with E-state index in [1.54, 1.807) is 38.5 Å². The van der Waals surface area contributed by atoms with Gasteiger partial charge in [0.15, 0.2) is 6.04 Å². The lowest BCUT2D eigenvalue weighted by Crippen LogP contribution is -2.60. The van der Waals surface area contributed by atoms with Crippen LogP contribution < -0.4 is 15.2 Å². The summed E-state index contributed by atoms with van der Waals surface area (Å²) in [4.78, 5) is 54.7. The number of amides is 4. The number of carbonyl (C=O) groups is 4. The summed E-state index contributed by atoms with van der Waals surface area (Å²) in [7, 11) is 3.15. The van der Waals surface area contributed by atoms with Crippen LogP contribution in [0.15, 0.2) is 78.9 Å². The summed E-state index contributed by atoms with van der Waals surface area (Å²) in [5.41, 5.74) is 8.29. The fraction of sp³-hybridized carbons (Fsp3) is 0.281. The SMILES string of the molecule is COc1ccc(CCN(CCc2ccc(OC)cc2)C(=O)[C@H](C(N)=O)N(C(C)=O)C(=O)C(=S)Cc2ccccc2)cc1. The summed E-state index contributed by atoms with van der Waals surface area (Å²) in [5.74, 6) is -2.19. The Labute approximate surface area is 251 Å². The van der Waals surface area contributed by atoms with Gasteiger partial charge in [-0.05, 0) is 53.8 Å². The molecule has 0 unspecified atom stereocenters. The fourth-order valence-electron chi connectivity index (χ4n) is 4.41. The third-order valence-corrected chi connectivity index (χ3v) is 7.06. The molecule has 42 heavy (non-hydrogen) atoms. The molecule has 0 aliphatic rings. The highest BCUT2D eigenvalue weighted by atomic mass is 32.1. The van der Waals surface area contributed by atoms with Crippen LogP contribution in [0.1, 0.15) is 23.6 Å². The quantitative estimate of drug-likeness (QED) is 0.227. The van der Waals surface area contributed by atoms with Crippen molar-refractivity contribution in [1.82, 2.24) is 9.80 Å². The first-order chi connectivity index (χ1) is 20.1. The Kier molecular flexibility index (Phi) is 11.7. The summed E-state index contributed by atoms with van der Waals surface area (Å²) in [6.45, 7) is 1.52. The molecule has 0 aliphatic carbocycles. The number of nitrogens with two attached hydrogens (primary N) is 1. The molecule has 0 radical (unpaired) electrons. The van der Waals surface area contributed by atoms with Gasteiger partial charge in [0, 0.05) is 26.4 Å². The van der Waals surface area contributed by atoms with Crippen LogP contribution in [0, 0.1) is 0 Å².